The molecular weight excluding hydrogens is 442 g/mol. The average Bonchev–Trinajstić information content (AvgIpc) is 3.54. The fourth-order valence-electron chi connectivity index (χ4n) is 4.39. The Morgan fingerprint density at radius 2 is 1.94 bits per heavy atom. The van der Waals surface area contributed by atoms with E-state index in [4.69, 9.17) is 0 Å². The minimum Gasteiger partial charge on any atom is -0.359 e. The van der Waals surface area contributed by atoms with Crippen molar-refractivity contribution in [2.24, 2.45) is 0 Å². The molecule has 0 unspecified atom stereocenters. The normalized spacial score (nSPS) is 12.3. The molecule has 5 nitrogen and oxygen atoms in total. The van der Waals surface area contributed by atoms with Gasteiger partial charge in [0.25, 0.3) is 0 Å². The molecule has 0 bridgehead atoms. The molecular formula is C31H29N5. The number of hydrogen-bond donors (Lipinski definition) is 3. The third kappa shape index (κ3) is 4.39. The second kappa shape index (κ2) is 9.92. The van der Waals surface area contributed by atoms with Crippen molar-refractivity contribution in [1.29, 1.82) is 0 Å². The fourth-order valence-corrected chi connectivity index (χ4v) is 4.39. The number of H-pyrrole nitrogens is 2. The Bertz CT molecular complexity index is 1630. The van der Waals surface area contributed by atoms with E-state index >= 15 is 0 Å². The smallest absolute Gasteiger partial charge is 0.116 e. The van der Waals surface area contributed by atoms with Crippen LogP contribution in [-0.4, -0.2) is 20.2 Å². The number of hydrogen-bond acceptors (Lipinski definition) is 3. The van der Waals surface area contributed by atoms with Crippen LogP contribution in [0, 0.1) is 0 Å². The molecule has 0 saturated carbocycles. The molecule has 178 valence electrons. The van der Waals surface area contributed by atoms with Gasteiger partial charge in [0, 0.05) is 45.6 Å². The molecule has 36 heavy (non-hydrogen) atoms. The first kappa shape index (κ1) is 23.1. The number of rotatable bonds is 8. The predicted octanol–water partition coefficient (Wildman–Crippen LogP) is 7.76. The van der Waals surface area contributed by atoms with Gasteiger partial charge >= 0.3 is 0 Å². The minimum atomic E-state index is 0.855. The Morgan fingerprint density at radius 3 is 2.69 bits per heavy atom. The first-order chi connectivity index (χ1) is 17.6. The highest BCUT2D eigenvalue weighted by Gasteiger charge is 2.14. The van der Waals surface area contributed by atoms with E-state index < -0.39 is 0 Å². The summed E-state index contributed by atoms with van der Waals surface area (Å²) in [6.07, 6.45) is 10.6. The highest BCUT2D eigenvalue weighted by molar-refractivity contribution is 6.01. The Labute approximate surface area is 211 Å². The predicted molar refractivity (Wildman–Crippen MR) is 151 cm³/mol. The molecule has 0 radical (unpaired) electrons. The van der Waals surface area contributed by atoms with Gasteiger partial charge in [0.15, 0.2) is 0 Å². The van der Waals surface area contributed by atoms with E-state index in [0.717, 1.165) is 73.3 Å². The van der Waals surface area contributed by atoms with Crippen molar-refractivity contribution in [1.82, 2.24) is 25.5 Å². The standard InChI is InChI=1S/C31H29N5/c1-5-20(4)33-24(7-3)16-21(6-2)22-13-14-29-27(17-22)31(36-35-29)30-18-26-25(11-8-12-28(26)34-30)23-10-9-15-32-19-23/h6-19,33-34H,3-5H2,1-2H3,(H,35,36)/b21-6+,24-16+. The molecule has 0 aliphatic carbocycles. The molecule has 5 aromatic rings. The van der Waals surface area contributed by atoms with Crippen LogP contribution in [0.1, 0.15) is 25.8 Å². The molecule has 0 aliphatic rings. The molecule has 3 heterocycles. The van der Waals surface area contributed by atoms with Crippen molar-refractivity contribution < 1.29 is 0 Å². The maximum Gasteiger partial charge on any atom is 0.116 e. The second-order valence-corrected chi connectivity index (χ2v) is 8.65. The van der Waals surface area contributed by atoms with Gasteiger partial charge in [0.1, 0.15) is 5.69 Å². The number of pyridine rings is 1. The number of aromatic nitrogens is 4. The lowest BCUT2D eigenvalue weighted by Gasteiger charge is -2.10. The molecule has 0 aliphatic heterocycles. The van der Waals surface area contributed by atoms with Crippen LogP contribution < -0.4 is 5.32 Å². The summed E-state index contributed by atoms with van der Waals surface area (Å²) in [7, 11) is 0. The lowest BCUT2D eigenvalue weighted by Crippen LogP contribution is -2.09. The van der Waals surface area contributed by atoms with Gasteiger partial charge in [-0.1, -0.05) is 50.4 Å². The van der Waals surface area contributed by atoms with Crippen molar-refractivity contribution in [3.8, 4) is 22.5 Å². The SMILES string of the molecule is C=C/C(=C\C(=C/C)c1ccc2[nH]nc(-c3cc4c(-c5cccnc5)cccc4[nH]3)c2c1)NC(=C)CC. The zero-order valence-electron chi connectivity index (χ0n) is 20.6. The van der Waals surface area contributed by atoms with Crippen molar-refractivity contribution >= 4 is 27.4 Å². The summed E-state index contributed by atoms with van der Waals surface area (Å²) in [4.78, 5) is 7.86. The lowest BCUT2D eigenvalue weighted by molar-refractivity contribution is 0.921. The second-order valence-electron chi connectivity index (χ2n) is 8.65. The first-order valence-electron chi connectivity index (χ1n) is 12.1. The number of allylic oxidation sites excluding steroid dienone is 5. The van der Waals surface area contributed by atoms with Gasteiger partial charge in [0.05, 0.1) is 11.2 Å². The maximum atomic E-state index is 4.67. The van der Waals surface area contributed by atoms with Crippen molar-refractivity contribution in [3.63, 3.8) is 0 Å². The Kier molecular flexibility index (Phi) is 6.37. The minimum absolute atomic E-state index is 0.855. The molecule has 2 aromatic carbocycles. The van der Waals surface area contributed by atoms with E-state index in [2.05, 4.69) is 106 Å². The summed E-state index contributed by atoms with van der Waals surface area (Å²) in [5, 5.41) is 13.4. The van der Waals surface area contributed by atoms with Crippen LogP contribution >= 0.6 is 0 Å². The summed E-state index contributed by atoms with van der Waals surface area (Å²) in [5.41, 5.74) is 10.2. The molecule has 5 heteroatoms. The van der Waals surface area contributed by atoms with Crippen LogP contribution in [0.3, 0.4) is 0 Å². The van der Waals surface area contributed by atoms with Gasteiger partial charge in [-0.15, -0.1) is 0 Å². The van der Waals surface area contributed by atoms with Crippen molar-refractivity contribution in [2.45, 2.75) is 20.3 Å². The summed E-state index contributed by atoms with van der Waals surface area (Å²) >= 11 is 0. The van der Waals surface area contributed by atoms with Crippen LogP contribution in [0.2, 0.25) is 0 Å². The van der Waals surface area contributed by atoms with Gasteiger partial charge < -0.3 is 10.3 Å². The topological polar surface area (TPSA) is 69.4 Å². The quantitative estimate of drug-likeness (QED) is 0.203. The van der Waals surface area contributed by atoms with E-state index in [-0.39, 0.29) is 0 Å². The monoisotopic (exact) mass is 471 g/mol. The number of benzene rings is 2. The molecule has 5 rings (SSSR count). The highest BCUT2D eigenvalue weighted by atomic mass is 15.1. The Balaban J connectivity index is 1.57. The van der Waals surface area contributed by atoms with Crippen LogP contribution in [0.4, 0.5) is 0 Å². The number of fused-ring (bicyclic) bond motifs is 2. The first-order valence-corrected chi connectivity index (χ1v) is 12.1. The Hall–Kier alpha value is -4.64. The third-order valence-electron chi connectivity index (χ3n) is 6.38. The van der Waals surface area contributed by atoms with Crippen molar-refractivity contribution in [3.05, 3.63) is 115 Å². The molecule has 0 amide bonds. The van der Waals surface area contributed by atoms with Gasteiger partial charge in [-0.05, 0) is 72.5 Å². The van der Waals surface area contributed by atoms with Gasteiger partial charge in [-0.25, -0.2) is 0 Å². The van der Waals surface area contributed by atoms with E-state index in [1.807, 2.05) is 25.3 Å². The van der Waals surface area contributed by atoms with Crippen LogP contribution in [0.25, 0.3) is 49.9 Å². The van der Waals surface area contributed by atoms with E-state index in [9.17, 15) is 0 Å². The van der Waals surface area contributed by atoms with E-state index in [1.54, 1.807) is 6.20 Å². The summed E-state index contributed by atoms with van der Waals surface area (Å²) in [5.74, 6) is 0. The van der Waals surface area contributed by atoms with Gasteiger partial charge in [0.2, 0.25) is 0 Å². The maximum absolute atomic E-state index is 4.67. The molecule has 3 aromatic heterocycles. The zero-order valence-corrected chi connectivity index (χ0v) is 20.6. The van der Waals surface area contributed by atoms with Gasteiger partial charge in [-0.2, -0.15) is 5.10 Å². The summed E-state index contributed by atoms with van der Waals surface area (Å²) in [6, 6.07) is 18.9. The fraction of sp³-hybridized carbons (Fsp3) is 0.0968. The number of aromatic amines is 2. The summed E-state index contributed by atoms with van der Waals surface area (Å²) < 4.78 is 0. The molecule has 0 spiro atoms. The van der Waals surface area contributed by atoms with Crippen molar-refractivity contribution in [2.75, 3.05) is 0 Å². The van der Waals surface area contributed by atoms with Gasteiger partial charge in [-0.3, -0.25) is 10.1 Å². The Morgan fingerprint density at radius 1 is 1.06 bits per heavy atom. The number of nitrogens with one attached hydrogen (secondary N) is 3. The highest BCUT2D eigenvalue weighted by Crippen LogP contribution is 2.34. The van der Waals surface area contributed by atoms with E-state index in [1.165, 1.54) is 0 Å². The van der Waals surface area contributed by atoms with Crippen LogP contribution in [-0.2, 0) is 0 Å². The summed E-state index contributed by atoms with van der Waals surface area (Å²) in [6.45, 7) is 12.1. The molecule has 3 N–H and O–H groups in total. The van der Waals surface area contributed by atoms with Crippen LogP contribution in [0.15, 0.2) is 110 Å². The molecule has 0 atom stereocenters. The molecule has 0 fully saturated rings. The molecule has 0 saturated heterocycles. The lowest BCUT2D eigenvalue weighted by atomic mass is 10.0. The number of nitrogens with zero attached hydrogens (tertiary/aromatic N) is 2. The van der Waals surface area contributed by atoms with E-state index in [0.29, 0.717) is 0 Å². The average molecular weight is 472 g/mol. The zero-order chi connectivity index (χ0) is 25.1. The largest absolute Gasteiger partial charge is 0.359 e. The van der Waals surface area contributed by atoms with Crippen LogP contribution in [0.5, 0.6) is 0 Å². The third-order valence-corrected chi connectivity index (χ3v) is 6.38.